The van der Waals surface area contributed by atoms with Gasteiger partial charge in [0.25, 0.3) is 0 Å². The Morgan fingerprint density at radius 3 is 2.19 bits per heavy atom. The van der Waals surface area contributed by atoms with Gasteiger partial charge in [0.1, 0.15) is 0 Å². The van der Waals surface area contributed by atoms with E-state index in [1.165, 1.54) is 45.4 Å². The number of likely N-dealkylation sites (tertiary alicyclic amines) is 1. The highest BCUT2D eigenvalue weighted by atomic mass is 127. The first-order chi connectivity index (χ1) is 11.9. The third-order valence-electron chi connectivity index (χ3n) is 5.85. The summed E-state index contributed by atoms with van der Waals surface area (Å²) in [7, 11) is 4.07. The van der Waals surface area contributed by atoms with Crippen LogP contribution in [0.4, 0.5) is 0 Å². The lowest BCUT2D eigenvalue weighted by atomic mass is 9.98. The monoisotopic (exact) mass is 480 g/mol. The molecule has 0 spiro atoms. The lowest BCUT2D eigenvalue weighted by Gasteiger charge is -2.41. The van der Waals surface area contributed by atoms with Crippen molar-refractivity contribution in [3.8, 4) is 0 Å². The number of rotatable bonds is 6. The second-order valence-electron chi connectivity index (χ2n) is 8.36. The van der Waals surface area contributed by atoms with Crippen molar-refractivity contribution >= 4 is 29.9 Å². The number of guanidine groups is 1. The maximum Gasteiger partial charge on any atom is 0.191 e. The zero-order valence-corrected chi connectivity index (χ0v) is 19.9. The van der Waals surface area contributed by atoms with Crippen molar-refractivity contribution in [3.63, 3.8) is 0 Å². The van der Waals surface area contributed by atoms with Crippen LogP contribution in [-0.4, -0.2) is 98.7 Å². The molecule has 0 amide bonds. The standard InChI is InChI=1S/C19H40N6.HI/c1-17(24-13-11-23(5)12-14-24)15-21-18(20-4)22-16-19(2,3)25-9-7-6-8-10-25;/h17H,6-16H2,1-5H3,(H2,20,21,22);1H. The number of aliphatic imine (C=N–C) groups is 1. The largest absolute Gasteiger partial charge is 0.355 e. The molecule has 1 atom stereocenters. The van der Waals surface area contributed by atoms with E-state index in [1.54, 1.807) is 0 Å². The van der Waals surface area contributed by atoms with Crippen LogP contribution in [0.1, 0.15) is 40.0 Å². The van der Waals surface area contributed by atoms with Crippen LogP contribution in [0.3, 0.4) is 0 Å². The molecule has 0 aromatic rings. The van der Waals surface area contributed by atoms with E-state index in [0.717, 1.165) is 32.1 Å². The second kappa shape index (κ2) is 11.7. The molecule has 2 rings (SSSR count). The van der Waals surface area contributed by atoms with Crippen molar-refractivity contribution in [3.05, 3.63) is 0 Å². The van der Waals surface area contributed by atoms with Gasteiger partial charge in [-0.1, -0.05) is 6.42 Å². The molecule has 0 bridgehead atoms. The molecule has 1 unspecified atom stereocenters. The predicted octanol–water partition coefficient (Wildman–Crippen LogP) is 1.67. The highest BCUT2D eigenvalue weighted by Crippen LogP contribution is 2.19. The number of piperidine rings is 1. The molecule has 2 fully saturated rings. The molecule has 0 aromatic carbocycles. The van der Waals surface area contributed by atoms with Gasteiger partial charge in [0.05, 0.1) is 0 Å². The van der Waals surface area contributed by atoms with E-state index in [0.29, 0.717) is 6.04 Å². The lowest BCUT2D eigenvalue weighted by Crippen LogP contribution is -2.56. The number of hydrogen-bond donors (Lipinski definition) is 2. The van der Waals surface area contributed by atoms with Crippen LogP contribution in [0.5, 0.6) is 0 Å². The molecule has 2 aliphatic rings. The fourth-order valence-corrected chi connectivity index (χ4v) is 3.77. The fourth-order valence-electron chi connectivity index (χ4n) is 3.77. The van der Waals surface area contributed by atoms with E-state index in [4.69, 9.17) is 0 Å². The Morgan fingerprint density at radius 2 is 1.62 bits per heavy atom. The summed E-state index contributed by atoms with van der Waals surface area (Å²) in [6.45, 7) is 16.0. The molecule has 0 aromatic heterocycles. The molecule has 2 heterocycles. The predicted molar refractivity (Wildman–Crippen MR) is 123 cm³/mol. The van der Waals surface area contributed by atoms with E-state index in [2.05, 4.69) is 58.1 Å². The molecule has 6 nitrogen and oxygen atoms in total. The normalized spacial score (nSPS) is 22.6. The first-order valence-corrected chi connectivity index (χ1v) is 10.0. The Labute approximate surface area is 178 Å². The molecule has 7 heteroatoms. The maximum absolute atomic E-state index is 4.41. The van der Waals surface area contributed by atoms with Crippen molar-refractivity contribution in [2.45, 2.75) is 51.6 Å². The molecule has 2 saturated heterocycles. The molecule has 26 heavy (non-hydrogen) atoms. The van der Waals surface area contributed by atoms with Gasteiger partial charge in [-0.15, -0.1) is 24.0 Å². The van der Waals surface area contributed by atoms with E-state index < -0.39 is 0 Å². The van der Waals surface area contributed by atoms with E-state index in [-0.39, 0.29) is 29.5 Å². The third-order valence-corrected chi connectivity index (χ3v) is 5.85. The average Bonchev–Trinajstić information content (AvgIpc) is 2.63. The topological polar surface area (TPSA) is 46.1 Å². The zero-order chi connectivity index (χ0) is 18.3. The molecular weight excluding hydrogens is 439 g/mol. The molecule has 154 valence electrons. The Bertz CT molecular complexity index is 414. The van der Waals surface area contributed by atoms with Gasteiger partial charge in [0.15, 0.2) is 5.96 Å². The van der Waals surface area contributed by atoms with E-state index in [1.807, 2.05) is 7.05 Å². The van der Waals surface area contributed by atoms with Crippen LogP contribution in [0.2, 0.25) is 0 Å². The number of nitrogens with one attached hydrogen (secondary N) is 2. The lowest BCUT2D eigenvalue weighted by molar-refractivity contribution is 0.0980. The summed E-state index contributed by atoms with van der Waals surface area (Å²) in [5.74, 6) is 0.922. The van der Waals surface area contributed by atoms with Crippen molar-refractivity contribution in [2.75, 3.05) is 66.5 Å². The van der Waals surface area contributed by atoms with Gasteiger partial charge in [-0.05, 0) is 53.8 Å². The van der Waals surface area contributed by atoms with Gasteiger partial charge in [-0.3, -0.25) is 14.8 Å². The first kappa shape index (κ1) is 23.9. The highest BCUT2D eigenvalue weighted by molar-refractivity contribution is 14.0. The summed E-state index contributed by atoms with van der Waals surface area (Å²) in [6.07, 6.45) is 4.05. The first-order valence-electron chi connectivity index (χ1n) is 10.0. The molecule has 0 aliphatic carbocycles. The van der Waals surface area contributed by atoms with E-state index in [9.17, 15) is 0 Å². The van der Waals surface area contributed by atoms with Crippen LogP contribution < -0.4 is 10.6 Å². The van der Waals surface area contributed by atoms with Crippen molar-refractivity contribution < 1.29 is 0 Å². The smallest absolute Gasteiger partial charge is 0.191 e. The average molecular weight is 480 g/mol. The van der Waals surface area contributed by atoms with Gasteiger partial charge >= 0.3 is 0 Å². The van der Waals surface area contributed by atoms with Crippen LogP contribution in [0.15, 0.2) is 4.99 Å². The Kier molecular flexibility index (Phi) is 10.7. The fraction of sp³-hybridized carbons (Fsp3) is 0.947. The Morgan fingerprint density at radius 1 is 1.00 bits per heavy atom. The number of piperazine rings is 1. The minimum atomic E-state index is 0. The van der Waals surface area contributed by atoms with Crippen LogP contribution >= 0.6 is 24.0 Å². The summed E-state index contributed by atoms with van der Waals surface area (Å²) in [5, 5.41) is 7.06. The maximum atomic E-state index is 4.41. The summed E-state index contributed by atoms with van der Waals surface area (Å²) < 4.78 is 0. The molecule has 0 saturated carbocycles. The Hall–Kier alpha value is -0.120. The summed E-state index contributed by atoms with van der Waals surface area (Å²) >= 11 is 0. The number of likely N-dealkylation sites (N-methyl/N-ethyl adjacent to an activating group) is 1. The molecular formula is C19H41IN6. The highest BCUT2D eigenvalue weighted by Gasteiger charge is 2.28. The third kappa shape index (κ3) is 7.48. The summed E-state index contributed by atoms with van der Waals surface area (Å²) in [6, 6.07) is 0.530. The SMILES string of the molecule is CN=C(NCC(C)N1CCN(C)CC1)NCC(C)(C)N1CCCCC1.I. The van der Waals surface area contributed by atoms with Gasteiger partial charge in [-0.25, -0.2) is 0 Å². The van der Waals surface area contributed by atoms with Gasteiger partial charge in [0, 0.05) is 57.9 Å². The van der Waals surface area contributed by atoms with Crippen molar-refractivity contribution in [2.24, 2.45) is 4.99 Å². The van der Waals surface area contributed by atoms with Gasteiger partial charge < -0.3 is 15.5 Å². The minimum Gasteiger partial charge on any atom is -0.355 e. The minimum absolute atomic E-state index is 0. The number of hydrogen-bond acceptors (Lipinski definition) is 4. The number of nitrogens with zero attached hydrogens (tertiary/aromatic N) is 4. The van der Waals surface area contributed by atoms with Crippen molar-refractivity contribution in [1.82, 2.24) is 25.3 Å². The quantitative estimate of drug-likeness (QED) is 0.344. The molecule has 2 N–H and O–H groups in total. The number of halogens is 1. The van der Waals surface area contributed by atoms with Gasteiger partial charge in [-0.2, -0.15) is 0 Å². The van der Waals surface area contributed by atoms with Crippen LogP contribution in [0, 0.1) is 0 Å². The second-order valence-corrected chi connectivity index (χ2v) is 8.36. The molecule has 0 radical (unpaired) electrons. The van der Waals surface area contributed by atoms with Crippen molar-refractivity contribution in [1.29, 1.82) is 0 Å². The zero-order valence-electron chi connectivity index (χ0n) is 17.6. The van der Waals surface area contributed by atoms with E-state index >= 15 is 0 Å². The summed E-state index contributed by atoms with van der Waals surface area (Å²) in [5.41, 5.74) is 0.168. The van der Waals surface area contributed by atoms with Gasteiger partial charge in [0.2, 0.25) is 0 Å². The summed E-state index contributed by atoms with van der Waals surface area (Å²) in [4.78, 5) is 12.0. The Balaban J connectivity index is 0.00000338. The molecule has 2 aliphatic heterocycles. The van der Waals surface area contributed by atoms with Crippen LogP contribution in [-0.2, 0) is 0 Å². The van der Waals surface area contributed by atoms with Crippen LogP contribution in [0.25, 0.3) is 0 Å².